The lowest BCUT2D eigenvalue weighted by molar-refractivity contribution is -0.384. The summed E-state index contributed by atoms with van der Waals surface area (Å²) in [5.41, 5.74) is 6.61. The molecule has 0 spiro atoms. The Bertz CT molecular complexity index is 858. The third-order valence-electron chi connectivity index (χ3n) is 4.31. The van der Waals surface area contributed by atoms with E-state index in [1.165, 1.54) is 18.2 Å². The Balaban J connectivity index is 1.81. The van der Waals surface area contributed by atoms with Gasteiger partial charge in [-0.15, -0.1) is 0 Å². The van der Waals surface area contributed by atoms with Gasteiger partial charge in [-0.1, -0.05) is 0 Å². The van der Waals surface area contributed by atoms with E-state index in [0.717, 1.165) is 25.9 Å². The van der Waals surface area contributed by atoms with Crippen LogP contribution in [0.15, 0.2) is 42.5 Å². The number of nitrogens with two attached hydrogens (primary N) is 1. The quantitative estimate of drug-likeness (QED) is 0.632. The van der Waals surface area contributed by atoms with Crippen LogP contribution in [0.5, 0.6) is 0 Å². The van der Waals surface area contributed by atoms with Crippen molar-refractivity contribution in [1.29, 1.82) is 0 Å². The maximum Gasteiger partial charge on any atom is 0.293 e. The van der Waals surface area contributed by atoms with Gasteiger partial charge >= 0.3 is 0 Å². The van der Waals surface area contributed by atoms with Gasteiger partial charge in [0.2, 0.25) is 5.91 Å². The highest BCUT2D eigenvalue weighted by Gasteiger charge is 2.23. The first-order chi connectivity index (χ1) is 12.5. The molecular formula is C18H18N4O4. The number of amides is 2. The minimum Gasteiger partial charge on any atom is -0.366 e. The molecule has 2 aromatic rings. The topological polar surface area (TPSA) is 119 Å². The molecule has 0 aliphatic carbocycles. The molecule has 1 saturated heterocycles. The van der Waals surface area contributed by atoms with E-state index in [-0.39, 0.29) is 11.3 Å². The zero-order chi connectivity index (χ0) is 18.7. The van der Waals surface area contributed by atoms with Crippen LogP contribution < -0.4 is 16.0 Å². The molecule has 0 unspecified atom stereocenters. The van der Waals surface area contributed by atoms with Crippen molar-refractivity contribution >= 4 is 28.9 Å². The third-order valence-corrected chi connectivity index (χ3v) is 4.31. The number of hydrogen-bond acceptors (Lipinski definition) is 5. The highest BCUT2D eigenvalue weighted by atomic mass is 16.6. The zero-order valence-electron chi connectivity index (χ0n) is 14.0. The monoisotopic (exact) mass is 354 g/mol. The molecule has 134 valence electrons. The van der Waals surface area contributed by atoms with Crippen molar-refractivity contribution in [3.05, 3.63) is 63.7 Å². The second kappa shape index (κ2) is 7.22. The van der Waals surface area contributed by atoms with Crippen LogP contribution in [0, 0.1) is 10.1 Å². The van der Waals surface area contributed by atoms with Gasteiger partial charge in [0.1, 0.15) is 5.69 Å². The highest BCUT2D eigenvalue weighted by Crippen LogP contribution is 2.31. The Labute approximate surface area is 149 Å². The van der Waals surface area contributed by atoms with E-state index in [1.807, 2.05) is 4.90 Å². The van der Waals surface area contributed by atoms with Gasteiger partial charge in [0, 0.05) is 36.0 Å². The minimum absolute atomic E-state index is 0.0800. The number of carbonyl (C=O) groups excluding carboxylic acids is 2. The zero-order valence-corrected chi connectivity index (χ0v) is 14.0. The van der Waals surface area contributed by atoms with Crippen LogP contribution in [0.2, 0.25) is 0 Å². The molecule has 1 fully saturated rings. The Kier molecular flexibility index (Phi) is 4.83. The Morgan fingerprint density at radius 1 is 1.04 bits per heavy atom. The number of carbonyl (C=O) groups is 2. The van der Waals surface area contributed by atoms with Gasteiger partial charge in [0.15, 0.2) is 0 Å². The molecule has 8 heteroatoms. The van der Waals surface area contributed by atoms with Crippen LogP contribution >= 0.6 is 0 Å². The molecular weight excluding hydrogens is 336 g/mol. The van der Waals surface area contributed by atoms with Crippen molar-refractivity contribution < 1.29 is 14.5 Å². The van der Waals surface area contributed by atoms with E-state index >= 15 is 0 Å². The van der Waals surface area contributed by atoms with Crippen LogP contribution in [0.1, 0.15) is 33.6 Å². The summed E-state index contributed by atoms with van der Waals surface area (Å²) in [4.78, 5) is 36.4. The van der Waals surface area contributed by atoms with Gasteiger partial charge in [-0.25, -0.2) is 0 Å². The first kappa shape index (κ1) is 17.4. The number of hydrogen-bond donors (Lipinski definition) is 2. The number of primary amides is 1. The first-order valence-electron chi connectivity index (χ1n) is 8.20. The van der Waals surface area contributed by atoms with Crippen LogP contribution in [0.25, 0.3) is 0 Å². The Morgan fingerprint density at radius 3 is 2.23 bits per heavy atom. The molecule has 0 atom stereocenters. The smallest absolute Gasteiger partial charge is 0.293 e. The normalized spacial score (nSPS) is 13.5. The molecule has 8 nitrogen and oxygen atoms in total. The molecule has 1 aliphatic rings. The summed E-state index contributed by atoms with van der Waals surface area (Å²) in [6.45, 7) is 1.55. The van der Waals surface area contributed by atoms with Crippen molar-refractivity contribution in [3.63, 3.8) is 0 Å². The molecule has 1 heterocycles. The predicted molar refractivity (Wildman–Crippen MR) is 97.5 cm³/mol. The van der Waals surface area contributed by atoms with Gasteiger partial charge in [-0.3, -0.25) is 19.7 Å². The van der Waals surface area contributed by atoms with Crippen molar-refractivity contribution in [2.45, 2.75) is 12.8 Å². The third kappa shape index (κ3) is 3.64. The molecule has 26 heavy (non-hydrogen) atoms. The fourth-order valence-electron chi connectivity index (χ4n) is 2.96. The van der Waals surface area contributed by atoms with Gasteiger partial charge in [-0.05, 0) is 49.2 Å². The number of benzene rings is 2. The molecule has 3 rings (SSSR count). The van der Waals surface area contributed by atoms with Gasteiger partial charge in [0.25, 0.3) is 11.6 Å². The number of anilines is 2. The molecule has 0 radical (unpaired) electrons. The minimum atomic E-state index is -0.559. The maximum absolute atomic E-state index is 12.4. The number of nitro benzene ring substituents is 1. The Hall–Kier alpha value is -3.42. The van der Waals surface area contributed by atoms with Gasteiger partial charge < -0.3 is 16.0 Å². The van der Waals surface area contributed by atoms with Gasteiger partial charge in [0.05, 0.1) is 4.92 Å². The number of nitro groups is 1. The average molecular weight is 354 g/mol. The van der Waals surface area contributed by atoms with Crippen LogP contribution in [0.4, 0.5) is 17.1 Å². The summed E-state index contributed by atoms with van der Waals surface area (Å²) < 4.78 is 0. The van der Waals surface area contributed by atoms with E-state index in [2.05, 4.69) is 5.32 Å². The maximum atomic E-state index is 12.4. The summed E-state index contributed by atoms with van der Waals surface area (Å²) in [6.07, 6.45) is 2.00. The molecule has 1 aliphatic heterocycles. The molecule has 3 N–H and O–H groups in total. The molecule has 0 aromatic heterocycles. The highest BCUT2D eigenvalue weighted by molar-refractivity contribution is 6.05. The fraction of sp³-hybridized carbons (Fsp3) is 0.222. The van der Waals surface area contributed by atoms with E-state index in [0.29, 0.717) is 16.9 Å². The summed E-state index contributed by atoms with van der Waals surface area (Å²) in [7, 11) is 0. The second-order valence-electron chi connectivity index (χ2n) is 6.05. The van der Waals surface area contributed by atoms with Crippen molar-refractivity contribution in [1.82, 2.24) is 0 Å². The first-order valence-corrected chi connectivity index (χ1v) is 8.20. The summed E-state index contributed by atoms with van der Waals surface area (Å²) >= 11 is 0. The second-order valence-corrected chi connectivity index (χ2v) is 6.05. The van der Waals surface area contributed by atoms with Crippen LogP contribution in [-0.4, -0.2) is 29.8 Å². The van der Waals surface area contributed by atoms with Crippen molar-refractivity contribution in [3.8, 4) is 0 Å². The van der Waals surface area contributed by atoms with Crippen molar-refractivity contribution in [2.75, 3.05) is 23.3 Å². The molecule has 2 aromatic carbocycles. The lowest BCUT2D eigenvalue weighted by Gasteiger charge is -2.17. The molecule has 0 saturated carbocycles. The number of rotatable bonds is 5. The number of nitrogens with zero attached hydrogens (tertiary/aromatic N) is 2. The van der Waals surface area contributed by atoms with E-state index in [1.54, 1.807) is 24.3 Å². The molecule has 2 amide bonds. The largest absolute Gasteiger partial charge is 0.366 e. The molecule has 0 bridgehead atoms. The van der Waals surface area contributed by atoms with Crippen molar-refractivity contribution in [2.24, 2.45) is 5.73 Å². The lowest BCUT2D eigenvalue weighted by atomic mass is 10.1. The SMILES string of the molecule is NC(=O)c1ccc(NC(=O)c2ccc(N3CCCC3)c([N+](=O)[O-])c2)cc1. The van der Waals surface area contributed by atoms with E-state index < -0.39 is 16.7 Å². The standard InChI is InChI=1S/C18H18N4O4/c19-17(23)12-3-6-14(7-4-12)20-18(24)13-5-8-15(16(11-13)22(25)26)21-9-1-2-10-21/h3-8,11H,1-2,9-10H2,(H2,19,23)(H,20,24). The van der Waals surface area contributed by atoms with Gasteiger partial charge in [-0.2, -0.15) is 0 Å². The fourth-order valence-corrected chi connectivity index (χ4v) is 2.96. The van der Waals surface area contributed by atoms with Crippen LogP contribution in [0.3, 0.4) is 0 Å². The van der Waals surface area contributed by atoms with Crippen LogP contribution in [-0.2, 0) is 0 Å². The average Bonchev–Trinajstić information content (AvgIpc) is 3.16. The lowest BCUT2D eigenvalue weighted by Crippen LogP contribution is -2.20. The van der Waals surface area contributed by atoms with E-state index in [9.17, 15) is 19.7 Å². The Morgan fingerprint density at radius 2 is 1.65 bits per heavy atom. The summed E-state index contributed by atoms with van der Waals surface area (Å²) in [6, 6.07) is 10.6. The number of nitrogens with one attached hydrogen (secondary N) is 1. The predicted octanol–water partition coefficient (Wildman–Crippen LogP) is 2.55. The van der Waals surface area contributed by atoms with E-state index in [4.69, 9.17) is 5.73 Å². The summed E-state index contributed by atoms with van der Waals surface area (Å²) in [5.74, 6) is -1.02. The summed E-state index contributed by atoms with van der Waals surface area (Å²) in [5, 5.41) is 14.1.